The summed E-state index contributed by atoms with van der Waals surface area (Å²) in [6.07, 6.45) is 1.40. The SMILES string of the molecule is Cc1ccc(S(=O)(=O)N(Cc2ccc([N+](=O)[O-])cc2)C(=O)N2CCN(C(=O)c3ccco3)CC2)cc1. The summed E-state index contributed by atoms with van der Waals surface area (Å²) in [4.78, 5) is 39.3. The van der Waals surface area contributed by atoms with Crippen molar-refractivity contribution < 1.29 is 27.3 Å². The molecule has 0 radical (unpaired) electrons. The number of piperazine rings is 1. The van der Waals surface area contributed by atoms with Crippen LogP contribution in [-0.2, 0) is 16.6 Å². The molecule has 12 heteroatoms. The highest BCUT2D eigenvalue weighted by Gasteiger charge is 2.35. The van der Waals surface area contributed by atoms with Crippen LogP contribution >= 0.6 is 0 Å². The van der Waals surface area contributed by atoms with Crippen molar-refractivity contribution in [2.45, 2.75) is 18.4 Å². The minimum Gasteiger partial charge on any atom is -0.459 e. The van der Waals surface area contributed by atoms with Gasteiger partial charge in [-0.2, -0.15) is 0 Å². The molecule has 188 valence electrons. The molecule has 0 saturated carbocycles. The van der Waals surface area contributed by atoms with Gasteiger partial charge in [-0.25, -0.2) is 17.5 Å². The van der Waals surface area contributed by atoms with E-state index in [0.29, 0.717) is 5.56 Å². The predicted molar refractivity (Wildman–Crippen MR) is 129 cm³/mol. The molecular formula is C24H24N4O7S. The number of aryl methyl sites for hydroxylation is 1. The van der Waals surface area contributed by atoms with Crippen LogP contribution in [-0.4, -0.2) is 65.6 Å². The van der Waals surface area contributed by atoms with Crippen molar-refractivity contribution in [3.8, 4) is 0 Å². The Bertz CT molecular complexity index is 1350. The molecule has 1 saturated heterocycles. The molecule has 1 aliphatic rings. The highest BCUT2D eigenvalue weighted by molar-refractivity contribution is 7.89. The summed E-state index contributed by atoms with van der Waals surface area (Å²) in [5, 5.41) is 11.0. The third-order valence-corrected chi connectivity index (χ3v) is 7.60. The van der Waals surface area contributed by atoms with Gasteiger partial charge in [-0.15, -0.1) is 0 Å². The molecule has 36 heavy (non-hydrogen) atoms. The topological polar surface area (TPSA) is 134 Å². The van der Waals surface area contributed by atoms with Crippen LogP contribution < -0.4 is 0 Å². The number of benzene rings is 2. The van der Waals surface area contributed by atoms with E-state index in [-0.39, 0.29) is 55.0 Å². The van der Waals surface area contributed by atoms with Gasteiger partial charge in [0.1, 0.15) is 0 Å². The predicted octanol–water partition coefficient (Wildman–Crippen LogP) is 3.27. The monoisotopic (exact) mass is 512 g/mol. The molecule has 0 aliphatic carbocycles. The van der Waals surface area contributed by atoms with Gasteiger partial charge in [0, 0.05) is 38.3 Å². The Morgan fingerprint density at radius 2 is 1.58 bits per heavy atom. The fourth-order valence-corrected chi connectivity index (χ4v) is 5.17. The average Bonchev–Trinajstić information content (AvgIpc) is 3.42. The fraction of sp³-hybridized carbons (Fsp3) is 0.250. The van der Waals surface area contributed by atoms with Crippen molar-refractivity contribution in [3.05, 3.63) is 93.9 Å². The van der Waals surface area contributed by atoms with Gasteiger partial charge in [0.25, 0.3) is 21.6 Å². The average molecular weight is 513 g/mol. The third kappa shape index (κ3) is 5.23. The lowest BCUT2D eigenvalue weighted by Gasteiger charge is -2.37. The van der Waals surface area contributed by atoms with Crippen LogP contribution in [0, 0.1) is 17.0 Å². The normalized spacial score (nSPS) is 13.9. The third-order valence-electron chi connectivity index (χ3n) is 5.87. The second-order valence-electron chi connectivity index (χ2n) is 8.29. The molecule has 1 aliphatic heterocycles. The first-order valence-electron chi connectivity index (χ1n) is 11.1. The Kier molecular flexibility index (Phi) is 7.06. The first kappa shape index (κ1) is 24.9. The summed E-state index contributed by atoms with van der Waals surface area (Å²) in [6, 6.07) is 13.9. The maximum atomic E-state index is 13.5. The van der Waals surface area contributed by atoms with Crippen molar-refractivity contribution in [2.75, 3.05) is 26.2 Å². The number of furan rings is 1. The van der Waals surface area contributed by atoms with E-state index in [1.165, 1.54) is 52.5 Å². The van der Waals surface area contributed by atoms with Crippen LogP contribution in [0.2, 0.25) is 0 Å². The number of hydrogen-bond donors (Lipinski definition) is 0. The molecular weight excluding hydrogens is 488 g/mol. The zero-order valence-electron chi connectivity index (χ0n) is 19.4. The number of nitro groups is 1. The van der Waals surface area contributed by atoms with Gasteiger partial charge in [0.05, 0.1) is 22.6 Å². The molecule has 1 aromatic heterocycles. The smallest absolute Gasteiger partial charge is 0.334 e. The number of sulfonamides is 1. The Morgan fingerprint density at radius 1 is 0.972 bits per heavy atom. The zero-order chi connectivity index (χ0) is 25.9. The molecule has 0 atom stereocenters. The molecule has 2 heterocycles. The van der Waals surface area contributed by atoms with Gasteiger partial charge < -0.3 is 14.2 Å². The second-order valence-corrected chi connectivity index (χ2v) is 10.1. The number of urea groups is 1. The van der Waals surface area contributed by atoms with Crippen LogP contribution in [0.1, 0.15) is 21.7 Å². The quantitative estimate of drug-likeness (QED) is 0.365. The summed E-state index contributed by atoms with van der Waals surface area (Å²) >= 11 is 0. The lowest BCUT2D eigenvalue weighted by atomic mass is 10.2. The summed E-state index contributed by atoms with van der Waals surface area (Å²) in [7, 11) is -4.24. The molecule has 0 unspecified atom stereocenters. The van der Waals surface area contributed by atoms with Gasteiger partial charge in [-0.1, -0.05) is 29.8 Å². The number of carbonyl (C=O) groups excluding carboxylic acids is 2. The fourth-order valence-electron chi connectivity index (χ4n) is 3.80. The molecule has 3 amide bonds. The van der Waals surface area contributed by atoms with E-state index in [9.17, 15) is 28.1 Å². The molecule has 0 spiro atoms. The van der Waals surface area contributed by atoms with Crippen molar-refractivity contribution in [1.82, 2.24) is 14.1 Å². The largest absolute Gasteiger partial charge is 0.459 e. The number of hydrogen-bond acceptors (Lipinski definition) is 7. The number of nitrogens with zero attached hydrogens (tertiary/aromatic N) is 4. The van der Waals surface area contributed by atoms with E-state index in [0.717, 1.165) is 9.87 Å². The number of amides is 3. The molecule has 4 rings (SSSR count). The highest BCUT2D eigenvalue weighted by Crippen LogP contribution is 2.23. The van der Waals surface area contributed by atoms with E-state index in [1.54, 1.807) is 24.3 Å². The first-order valence-corrected chi connectivity index (χ1v) is 12.6. The van der Waals surface area contributed by atoms with E-state index in [2.05, 4.69) is 0 Å². The molecule has 2 aromatic carbocycles. The lowest BCUT2D eigenvalue weighted by Crippen LogP contribution is -2.54. The van der Waals surface area contributed by atoms with Crippen LogP contribution in [0.3, 0.4) is 0 Å². The van der Waals surface area contributed by atoms with E-state index < -0.39 is 21.0 Å². The minimum absolute atomic E-state index is 0.0463. The summed E-state index contributed by atoms with van der Waals surface area (Å²) in [6.45, 7) is 2.19. The van der Waals surface area contributed by atoms with Crippen LogP contribution in [0.4, 0.5) is 10.5 Å². The molecule has 0 bridgehead atoms. The Labute approximate surface area is 207 Å². The van der Waals surface area contributed by atoms with Gasteiger partial charge in [0.2, 0.25) is 0 Å². The molecule has 0 N–H and O–H groups in total. The standard InChI is InChI=1S/C24H24N4O7S/c1-18-4-10-21(11-5-18)36(33,34)27(17-19-6-8-20(9-7-19)28(31)32)24(30)26-14-12-25(13-15-26)23(29)22-3-2-16-35-22/h2-11,16H,12-15,17H2,1H3. The summed E-state index contributed by atoms with van der Waals surface area (Å²) < 4.78 is 33.0. The first-order chi connectivity index (χ1) is 17.2. The number of rotatable bonds is 6. The van der Waals surface area contributed by atoms with Gasteiger partial charge >= 0.3 is 6.03 Å². The van der Waals surface area contributed by atoms with E-state index in [4.69, 9.17) is 4.42 Å². The Morgan fingerprint density at radius 3 is 2.14 bits per heavy atom. The van der Waals surface area contributed by atoms with Gasteiger partial charge in [-0.3, -0.25) is 14.9 Å². The van der Waals surface area contributed by atoms with E-state index in [1.807, 2.05) is 6.92 Å². The number of nitro benzene ring substituents is 1. The van der Waals surface area contributed by atoms with Crippen molar-refractivity contribution in [2.24, 2.45) is 0 Å². The Balaban J connectivity index is 1.57. The van der Waals surface area contributed by atoms with Crippen molar-refractivity contribution in [3.63, 3.8) is 0 Å². The number of non-ortho nitro benzene ring substituents is 1. The van der Waals surface area contributed by atoms with Crippen molar-refractivity contribution >= 4 is 27.6 Å². The maximum Gasteiger partial charge on any atom is 0.334 e. The molecule has 3 aromatic rings. The molecule has 11 nitrogen and oxygen atoms in total. The van der Waals surface area contributed by atoms with Crippen LogP contribution in [0.5, 0.6) is 0 Å². The van der Waals surface area contributed by atoms with Crippen LogP contribution in [0.25, 0.3) is 0 Å². The highest BCUT2D eigenvalue weighted by atomic mass is 32.2. The Hall–Kier alpha value is -4.19. The summed E-state index contributed by atoms with van der Waals surface area (Å²) in [5.41, 5.74) is 1.13. The molecule has 1 fully saturated rings. The minimum atomic E-state index is -4.24. The second kappa shape index (κ2) is 10.2. The van der Waals surface area contributed by atoms with Gasteiger partial charge in [0.15, 0.2) is 5.76 Å². The van der Waals surface area contributed by atoms with E-state index >= 15 is 0 Å². The maximum absolute atomic E-state index is 13.5. The van der Waals surface area contributed by atoms with Gasteiger partial charge in [-0.05, 0) is 36.8 Å². The van der Waals surface area contributed by atoms with Crippen molar-refractivity contribution in [1.29, 1.82) is 0 Å². The van der Waals surface area contributed by atoms with Crippen LogP contribution in [0.15, 0.2) is 76.2 Å². The lowest BCUT2D eigenvalue weighted by molar-refractivity contribution is -0.384. The summed E-state index contributed by atoms with van der Waals surface area (Å²) in [5.74, 6) is -0.112. The zero-order valence-corrected chi connectivity index (χ0v) is 20.3. The number of carbonyl (C=O) groups is 2.